The number of nitrogens with one attached hydrogen (secondary N) is 1. The van der Waals surface area contributed by atoms with Crippen molar-refractivity contribution in [2.24, 2.45) is 0 Å². The molecule has 0 unspecified atom stereocenters. The van der Waals surface area contributed by atoms with E-state index in [9.17, 15) is 20.0 Å². The summed E-state index contributed by atoms with van der Waals surface area (Å²) in [5.74, 6) is 0.310. The number of rotatable bonds is 9. The molecule has 1 saturated carbocycles. The SMILES string of the molecule is COc1cc(OCC2(N(C(=O)O)C(C)(C)C)CC2)c([N+](=O)[O-])cc1Nc1ncc(Cl)c(-c2cnn3ccccc23)n1. The molecule has 3 heterocycles. The highest BCUT2D eigenvalue weighted by Crippen LogP contribution is 2.47. The van der Waals surface area contributed by atoms with Gasteiger partial charge in [0.2, 0.25) is 11.7 Å². The van der Waals surface area contributed by atoms with Crippen molar-refractivity contribution in [2.75, 3.05) is 19.0 Å². The molecule has 1 fully saturated rings. The van der Waals surface area contributed by atoms with E-state index in [1.165, 1.54) is 30.3 Å². The second-order valence-electron chi connectivity index (χ2n) is 10.7. The van der Waals surface area contributed by atoms with E-state index in [1.54, 1.807) is 37.7 Å². The van der Waals surface area contributed by atoms with E-state index >= 15 is 0 Å². The molecule has 1 aliphatic carbocycles. The number of methoxy groups -OCH3 is 1. The first-order chi connectivity index (χ1) is 19.4. The number of ether oxygens (including phenoxy) is 2. The third-order valence-corrected chi connectivity index (χ3v) is 7.09. The largest absolute Gasteiger partial charge is 0.494 e. The Bertz CT molecular complexity index is 1650. The van der Waals surface area contributed by atoms with Crippen LogP contribution in [0.1, 0.15) is 33.6 Å². The summed E-state index contributed by atoms with van der Waals surface area (Å²) in [6.07, 6.45) is 4.97. The minimum atomic E-state index is -1.07. The number of halogens is 1. The maximum Gasteiger partial charge on any atom is 0.408 e. The van der Waals surface area contributed by atoms with Crippen LogP contribution in [0.25, 0.3) is 16.8 Å². The smallest absolute Gasteiger partial charge is 0.408 e. The van der Waals surface area contributed by atoms with Crippen molar-refractivity contribution in [3.05, 3.63) is 64.1 Å². The topological polar surface area (TPSA) is 157 Å². The highest BCUT2D eigenvalue weighted by atomic mass is 35.5. The zero-order valence-corrected chi connectivity index (χ0v) is 23.5. The Morgan fingerprint density at radius 3 is 2.66 bits per heavy atom. The van der Waals surface area contributed by atoms with Crippen molar-refractivity contribution in [1.82, 2.24) is 24.5 Å². The van der Waals surface area contributed by atoms with Gasteiger partial charge in [-0.15, -0.1) is 0 Å². The van der Waals surface area contributed by atoms with Crippen LogP contribution in [0.4, 0.5) is 22.1 Å². The second-order valence-corrected chi connectivity index (χ2v) is 11.1. The van der Waals surface area contributed by atoms with Gasteiger partial charge in [-0.2, -0.15) is 5.10 Å². The number of nitro groups is 1. The van der Waals surface area contributed by atoms with Gasteiger partial charge in [0.05, 0.1) is 51.9 Å². The molecule has 0 saturated heterocycles. The molecule has 214 valence electrons. The van der Waals surface area contributed by atoms with Gasteiger partial charge in [0.25, 0.3) is 0 Å². The molecule has 0 bridgehead atoms. The molecular formula is C27H28ClN7O6. The van der Waals surface area contributed by atoms with Gasteiger partial charge < -0.3 is 19.9 Å². The number of benzene rings is 1. The lowest BCUT2D eigenvalue weighted by Crippen LogP contribution is -2.55. The summed E-state index contributed by atoms with van der Waals surface area (Å²) in [6, 6.07) is 8.25. The molecule has 1 aliphatic rings. The Hall–Kier alpha value is -4.65. The number of hydrogen-bond donors (Lipinski definition) is 2. The van der Waals surface area contributed by atoms with Crippen molar-refractivity contribution < 1.29 is 24.3 Å². The molecule has 3 aromatic heterocycles. The van der Waals surface area contributed by atoms with Crippen LogP contribution in [-0.4, -0.2) is 65.4 Å². The number of nitro benzene ring substituents is 1. The number of nitrogens with zero attached hydrogens (tertiary/aromatic N) is 6. The Morgan fingerprint density at radius 1 is 1.27 bits per heavy atom. The summed E-state index contributed by atoms with van der Waals surface area (Å²) in [7, 11) is 1.41. The number of anilines is 2. The number of amides is 1. The van der Waals surface area contributed by atoms with E-state index in [1.807, 2.05) is 18.2 Å². The molecule has 14 heteroatoms. The van der Waals surface area contributed by atoms with Crippen LogP contribution in [0.2, 0.25) is 5.02 Å². The minimum absolute atomic E-state index is 0.0450. The summed E-state index contributed by atoms with van der Waals surface area (Å²) in [5.41, 5.74) is 0.339. The van der Waals surface area contributed by atoms with Crippen LogP contribution >= 0.6 is 11.6 Å². The van der Waals surface area contributed by atoms with Gasteiger partial charge in [-0.1, -0.05) is 17.7 Å². The molecule has 0 spiro atoms. The third kappa shape index (κ3) is 5.40. The quantitative estimate of drug-likeness (QED) is 0.183. The maximum absolute atomic E-state index is 12.0. The van der Waals surface area contributed by atoms with Crippen molar-refractivity contribution in [3.63, 3.8) is 0 Å². The second kappa shape index (κ2) is 10.4. The molecule has 13 nitrogen and oxygen atoms in total. The lowest BCUT2D eigenvalue weighted by molar-refractivity contribution is -0.385. The van der Waals surface area contributed by atoms with Gasteiger partial charge in [0, 0.05) is 29.4 Å². The van der Waals surface area contributed by atoms with Crippen molar-refractivity contribution in [2.45, 2.75) is 44.7 Å². The lowest BCUT2D eigenvalue weighted by Gasteiger charge is -2.40. The summed E-state index contributed by atoms with van der Waals surface area (Å²) in [4.78, 5) is 33.6. The predicted octanol–water partition coefficient (Wildman–Crippen LogP) is 5.80. The third-order valence-electron chi connectivity index (χ3n) is 6.81. The fourth-order valence-corrected chi connectivity index (χ4v) is 5.11. The molecule has 4 aromatic rings. The molecular weight excluding hydrogens is 554 g/mol. The van der Waals surface area contributed by atoms with Gasteiger partial charge in [0.1, 0.15) is 12.4 Å². The van der Waals surface area contributed by atoms with Gasteiger partial charge in [-0.05, 0) is 45.7 Å². The molecule has 1 amide bonds. The molecule has 1 aromatic carbocycles. The minimum Gasteiger partial charge on any atom is -0.494 e. The van der Waals surface area contributed by atoms with E-state index in [0.717, 1.165) is 5.52 Å². The maximum atomic E-state index is 12.0. The number of hydrogen-bond acceptors (Lipinski definition) is 9. The van der Waals surface area contributed by atoms with Crippen LogP contribution in [0, 0.1) is 10.1 Å². The van der Waals surface area contributed by atoms with E-state index < -0.39 is 22.1 Å². The van der Waals surface area contributed by atoms with Gasteiger partial charge in [-0.25, -0.2) is 19.3 Å². The van der Waals surface area contributed by atoms with Crippen molar-refractivity contribution >= 4 is 40.5 Å². The first kappa shape index (κ1) is 27.9. The first-order valence-electron chi connectivity index (χ1n) is 12.7. The van der Waals surface area contributed by atoms with Crippen LogP contribution in [0.15, 0.2) is 48.9 Å². The highest BCUT2D eigenvalue weighted by molar-refractivity contribution is 6.33. The lowest BCUT2D eigenvalue weighted by atomic mass is 10.0. The molecule has 41 heavy (non-hydrogen) atoms. The standard InChI is InChI=1S/C27H28ClN7O6/c1-26(2,3)34(25(36)37)27(8-9-27)15-41-22-12-21(40-4)18(11-20(22)35(38)39)31-24-29-14-17(28)23(32-24)16-13-30-33-10-6-5-7-19(16)33/h5-7,10-14H,8-9,15H2,1-4H3,(H,36,37)(H,29,31,32). The Morgan fingerprint density at radius 2 is 2.02 bits per heavy atom. The van der Waals surface area contributed by atoms with E-state index in [4.69, 9.17) is 21.1 Å². The highest BCUT2D eigenvalue weighted by Gasteiger charge is 2.55. The average molecular weight is 582 g/mol. The number of pyridine rings is 1. The summed E-state index contributed by atoms with van der Waals surface area (Å²) in [5, 5.41) is 29.5. The van der Waals surface area contributed by atoms with Crippen LogP contribution < -0.4 is 14.8 Å². The van der Waals surface area contributed by atoms with Crippen molar-refractivity contribution in [1.29, 1.82) is 0 Å². The monoisotopic (exact) mass is 581 g/mol. The number of fused-ring (bicyclic) bond motifs is 1. The van der Waals surface area contributed by atoms with Crippen LogP contribution in [0.3, 0.4) is 0 Å². The zero-order chi connectivity index (χ0) is 29.5. The molecule has 0 atom stereocenters. The van der Waals surface area contributed by atoms with Gasteiger partial charge in [0.15, 0.2) is 0 Å². The zero-order valence-electron chi connectivity index (χ0n) is 22.8. The predicted molar refractivity (Wildman–Crippen MR) is 151 cm³/mol. The molecule has 0 radical (unpaired) electrons. The Balaban J connectivity index is 1.45. The molecule has 2 N–H and O–H groups in total. The Labute approximate surface area is 239 Å². The van der Waals surface area contributed by atoms with E-state index in [-0.39, 0.29) is 35.4 Å². The number of aromatic nitrogens is 4. The van der Waals surface area contributed by atoms with Crippen molar-refractivity contribution in [3.8, 4) is 22.8 Å². The normalized spacial score (nSPS) is 14.0. The Kier molecular flexibility index (Phi) is 7.07. The molecule has 0 aliphatic heterocycles. The van der Waals surface area contributed by atoms with Gasteiger partial charge >= 0.3 is 11.8 Å². The van der Waals surface area contributed by atoms with E-state index in [0.29, 0.717) is 29.1 Å². The van der Waals surface area contributed by atoms with Gasteiger partial charge in [-0.3, -0.25) is 15.0 Å². The van der Waals surface area contributed by atoms with Crippen LogP contribution in [-0.2, 0) is 0 Å². The summed E-state index contributed by atoms with van der Waals surface area (Å²) in [6.45, 7) is 5.35. The fourth-order valence-electron chi connectivity index (χ4n) is 4.92. The van der Waals surface area contributed by atoms with Crippen LogP contribution in [0.5, 0.6) is 11.5 Å². The number of carboxylic acid groups (broad SMARTS) is 1. The van der Waals surface area contributed by atoms with E-state index in [2.05, 4.69) is 20.4 Å². The first-order valence-corrected chi connectivity index (χ1v) is 13.1. The summed E-state index contributed by atoms with van der Waals surface area (Å²) >= 11 is 6.42. The average Bonchev–Trinajstić information content (AvgIpc) is 3.55. The molecule has 5 rings (SSSR count). The number of carbonyl (C=O) groups is 1. The fraction of sp³-hybridized carbons (Fsp3) is 0.333. The summed E-state index contributed by atoms with van der Waals surface area (Å²) < 4.78 is 13.1.